The molecule has 0 aliphatic heterocycles. The van der Waals surface area contributed by atoms with Crippen LogP contribution in [0, 0.1) is 0 Å². The summed E-state index contributed by atoms with van der Waals surface area (Å²) in [5.41, 5.74) is 2.80. The quantitative estimate of drug-likeness (QED) is 0.712. The van der Waals surface area contributed by atoms with Crippen molar-refractivity contribution in [3.63, 3.8) is 0 Å². The maximum atomic E-state index is 4.20. The summed E-state index contributed by atoms with van der Waals surface area (Å²) in [4.78, 5) is 4.20. The molecule has 0 bridgehead atoms. The van der Waals surface area contributed by atoms with Crippen molar-refractivity contribution in [2.24, 2.45) is 0 Å². The maximum Gasteiger partial charge on any atom is 0.0321 e. The summed E-state index contributed by atoms with van der Waals surface area (Å²) in [5, 5.41) is 3.42. The van der Waals surface area contributed by atoms with Gasteiger partial charge in [0.2, 0.25) is 0 Å². The Labute approximate surface area is 99.5 Å². The third kappa shape index (κ3) is 3.60. The lowest BCUT2D eigenvalue weighted by molar-refractivity contribution is 0.508. The first-order valence-corrected chi connectivity index (χ1v) is 6.43. The number of unbranched alkanes of at least 4 members (excludes halogenated alkanes) is 2. The first-order valence-electron chi connectivity index (χ1n) is 6.43. The van der Waals surface area contributed by atoms with Crippen molar-refractivity contribution in [2.45, 2.75) is 52.0 Å². The van der Waals surface area contributed by atoms with Gasteiger partial charge in [-0.3, -0.25) is 4.98 Å². The SMILES string of the molecule is CCCCCC(NC)c1ccncc1CC. The lowest BCUT2D eigenvalue weighted by Gasteiger charge is -2.19. The van der Waals surface area contributed by atoms with E-state index in [1.807, 2.05) is 12.4 Å². The molecule has 1 rings (SSSR count). The Balaban J connectivity index is 2.69. The molecule has 1 unspecified atom stereocenters. The van der Waals surface area contributed by atoms with Crippen LogP contribution in [0.25, 0.3) is 0 Å². The average Bonchev–Trinajstić information content (AvgIpc) is 2.35. The summed E-state index contributed by atoms with van der Waals surface area (Å²) in [5.74, 6) is 0. The molecule has 0 aromatic carbocycles. The number of aryl methyl sites for hydroxylation is 1. The second kappa shape index (κ2) is 7.39. The van der Waals surface area contributed by atoms with E-state index in [0.717, 1.165) is 6.42 Å². The number of pyridine rings is 1. The van der Waals surface area contributed by atoms with E-state index in [1.54, 1.807) is 0 Å². The molecule has 1 atom stereocenters. The first kappa shape index (κ1) is 13.2. The number of nitrogens with one attached hydrogen (secondary N) is 1. The minimum absolute atomic E-state index is 0.490. The average molecular weight is 220 g/mol. The molecule has 0 aliphatic carbocycles. The minimum atomic E-state index is 0.490. The van der Waals surface area contributed by atoms with Crippen LogP contribution < -0.4 is 5.32 Å². The molecule has 0 spiro atoms. The summed E-state index contributed by atoms with van der Waals surface area (Å²) >= 11 is 0. The third-order valence-electron chi connectivity index (χ3n) is 3.14. The normalized spacial score (nSPS) is 12.7. The molecule has 1 heterocycles. The van der Waals surface area contributed by atoms with Gasteiger partial charge in [0.1, 0.15) is 0 Å². The molecule has 0 saturated carbocycles. The number of aromatic nitrogens is 1. The predicted molar refractivity (Wildman–Crippen MR) is 69.6 cm³/mol. The third-order valence-corrected chi connectivity index (χ3v) is 3.14. The van der Waals surface area contributed by atoms with Gasteiger partial charge in [0.15, 0.2) is 0 Å². The molecule has 90 valence electrons. The van der Waals surface area contributed by atoms with Gasteiger partial charge in [0.25, 0.3) is 0 Å². The van der Waals surface area contributed by atoms with Crippen molar-refractivity contribution in [3.8, 4) is 0 Å². The lowest BCUT2D eigenvalue weighted by Crippen LogP contribution is -2.18. The molecule has 0 radical (unpaired) electrons. The second-order valence-electron chi connectivity index (χ2n) is 4.27. The summed E-state index contributed by atoms with van der Waals surface area (Å²) in [6.45, 7) is 4.44. The zero-order chi connectivity index (χ0) is 11.8. The summed E-state index contributed by atoms with van der Waals surface area (Å²) in [7, 11) is 2.05. The highest BCUT2D eigenvalue weighted by atomic mass is 14.9. The zero-order valence-corrected chi connectivity index (χ0v) is 10.8. The second-order valence-corrected chi connectivity index (χ2v) is 4.27. The standard InChI is InChI=1S/C14H24N2/c1-4-6-7-8-14(15-3)13-9-10-16-11-12(13)5-2/h9-11,14-15H,4-8H2,1-3H3. The van der Waals surface area contributed by atoms with Crippen LogP contribution in [0.15, 0.2) is 18.5 Å². The maximum absolute atomic E-state index is 4.20. The molecule has 1 aromatic heterocycles. The van der Waals surface area contributed by atoms with E-state index in [2.05, 4.69) is 37.3 Å². The van der Waals surface area contributed by atoms with E-state index in [1.165, 1.54) is 36.8 Å². The van der Waals surface area contributed by atoms with Crippen molar-refractivity contribution < 1.29 is 0 Å². The van der Waals surface area contributed by atoms with Gasteiger partial charge in [-0.05, 0) is 37.1 Å². The Kier molecular flexibility index (Phi) is 6.09. The summed E-state index contributed by atoms with van der Waals surface area (Å²) in [6.07, 6.45) is 10.1. The first-order chi connectivity index (χ1) is 7.83. The Hall–Kier alpha value is -0.890. The van der Waals surface area contributed by atoms with Crippen LogP contribution in [-0.2, 0) is 6.42 Å². The topological polar surface area (TPSA) is 24.9 Å². The molecule has 2 heteroatoms. The van der Waals surface area contributed by atoms with Crippen LogP contribution in [0.3, 0.4) is 0 Å². The number of hydrogen-bond donors (Lipinski definition) is 1. The smallest absolute Gasteiger partial charge is 0.0321 e. The number of hydrogen-bond acceptors (Lipinski definition) is 2. The highest BCUT2D eigenvalue weighted by Crippen LogP contribution is 2.22. The van der Waals surface area contributed by atoms with Gasteiger partial charge in [-0.2, -0.15) is 0 Å². The monoisotopic (exact) mass is 220 g/mol. The molecule has 1 N–H and O–H groups in total. The molecule has 0 aliphatic rings. The fourth-order valence-electron chi connectivity index (χ4n) is 2.13. The van der Waals surface area contributed by atoms with Gasteiger partial charge in [-0.25, -0.2) is 0 Å². The predicted octanol–water partition coefficient (Wildman–Crippen LogP) is 3.48. The van der Waals surface area contributed by atoms with Gasteiger partial charge in [0.05, 0.1) is 0 Å². The highest BCUT2D eigenvalue weighted by Gasteiger charge is 2.11. The van der Waals surface area contributed by atoms with Crippen molar-refractivity contribution in [2.75, 3.05) is 7.05 Å². The van der Waals surface area contributed by atoms with E-state index in [9.17, 15) is 0 Å². The van der Waals surface area contributed by atoms with Gasteiger partial charge in [0, 0.05) is 18.4 Å². The van der Waals surface area contributed by atoms with Gasteiger partial charge < -0.3 is 5.32 Å². The van der Waals surface area contributed by atoms with E-state index >= 15 is 0 Å². The van der Waals surface area contributed by atoms with Crippen LogP contribution >= 0.6 is 0 Å². The fraction of sp³-hybridized carbons (Fsp3) is 0.643. The van der Waals surface area contributed by atoms with E-state index < -0.39 is 0 Å². The molecule has 0 amide bonds. The molecule has 16 heavy (non-hydrogen) atoms. The molecular formula is C14H24N2. The fourth-order valence-corrected chi connectivity index (χ4v) is 2.13. The van der Waals surface area contributed by atoms with Crippen molar-refractivity contribution in [3.05, 3.63) is 29.6 Å². The van der Waals surface area contributed by atoms with Crippen molar-refractivity contribution in [1.82, 2.24) is 10.3 Å². The minimum Gasteiger partial charge on any atom is -0.313 e. The van der Waals surface area contributed by atoms with Gasteiger partial charge in [-0.15, -0.1) is 0 Å². The van der Waals surface area contributed by atoms with Crippen LogP contribution in [0.5, 0.6) is 0 Å². The van der Waals surface area contributed by atoms with E-state index in [0.29, 0.717) is 6.04 Å². The van der Waals surface area contributed by atoms with Crippen LogP contribution in [0.4, 0.5) is 0 Å². The number of nitrogens with zero attached hydrogens (tertiary/aromatic N) is 1. The lowest BCUT2D eigenvalue weighted by atomic mass is 9.96. The van der Waals surface area contributed by atoms with Crippen LogP contribution in [0.1, 0.15) is 56.7 Å². The van der Waals surface area contributed by atoms with Crippen LogP contribution in [0.2, 0.25) is 0 Å². The Morgan fingerprint density at radius 3 is 2.75 bits per heavy atom. The van der Waals surface area contributed by atoms with Gasteiger partial charge in [-0.1, -0.05) is 33.1 Å². The van der Waals surface area contributed by atoms with E-state index in [-0.39, 0.29) is 0 Å². The van der Waals surface area contributed by atoms with Gasteiger partial charge >= 0.3 is 0 Å². The molecule has 0 fully saturated rings. The largest absolute Gasteiger partial charge is 0.313 e. The Bertz CT molecular complexity index is 297. The van der Waals surface area contributed by atoms with Crippen LogP contribution in [-0.4, -0.2) is 12.0 Å². The molecule has 0 saturated heterocycles. The molecule has 2 nitrogen and oxygen atoms in total. The molecular weight excluding hydrogens is 196 g/mol. The Morgan fingerprint density at radius 1 is 1.31 bits per heavy atom. The highest BCUT2D eigenvalue weighted by molar-refractivity contribution is 5.26. The molecule has 1 aromatic rings. The van der Waals surface area contributed by atoms with E-state index in [4.69, 9.17) is 0 Å². The Morgan fingerprint density at radius 2 is 2.12 bits per heavy atom. The van der Waals surface area contributed by atoms with Crippen molar-refractivity contribution >= 4 is 0 Å². The zero-order valence-electron chi connectivity index (χ0n) is 10.8. The summed E-state index contributed by atoms with van der Waals surface area (Å²) in [6, 6.07) is 2.65. The number of rotatable bonds is 7. The van der Waals surface area contributed by atoms with Crippen molar-refractivity contribution in [1.29, 1.82) is 0 Å². The summed E-state index contributed by atoms with van der Waals surface area (Å²) < 4.78 is 0.